The molecule has 2 N–H and O–H groups in total. The maximum absolute atomic E-state index is 13.0. The molecule has 0 heterocycles. The fraction of sp³-hybridized carbons (Fsp3) is 0.538. The van der Waals surface area contributed by atoms with Gasteiger partial charge in [-0.1, -0.05) is 6.42 Å². The van der Waals surface area contributed by atoms with Crippen LogP contribution in [0.1, 0.15) is 31.3 Å². The van der Waals surface area contributed by atoms with E-state index >= 15 is 0 Å². The molecule has 1 fully saturated rings. The summed E-state index contributed by atoms with van der Waals surface area (Å²) in [4.78, 5) is 9.94. The summed E-state index contributed by atoms with van der Waals surface area (Å²) < 4.78 is 26.0. The van der Waals surface area contributed by atoms with E-state index in [1.165, 1.54) is 12.1 Å². The molecule has 7 heteroatoms. The van der Waals surface area contributed by atoms with Crippen molar-refractivity contribution in [1.29, 1.82) is 0 Å². The van der Waals surface area contributed by atoms with Crippen molar-refractivity contribution in [1.82, 2.24) is 0 Å². The number of nitrogens with one attached hydrogen (secondary N) is 1. The minimum atomic E-state index is -2.79. The number of aliphatic hydroxyl groups excluding tert-OH is 1. The second kappa shape index (κ2) is 6.13. The molecule has 1 saturated carbocycles. The molecule has 2 rings (SSSR count). The number of benzene rings is 1. The van der Waals surface area contributed by atoms with Gasteiger partial charge in [-0.25, -0.2) is 8.78 Å². The van der Waals surface area contributed by atoms with Gasteiger partial charge in [-0.05, 0) is 18.9 Å². The van der Waals surface area contributed by atoms with Crippen molar-refractivity contribution in [2.24, 2.45) is 5.92 Å². The third-order valence-corrected chi connectivity index (χ3v) is 3.72. The Bertz CT molecular complexity index is 497. The van der Waals surface area contributed by atoms with Gasteiger partial charge in [-0.3, -0.25) is 10.1 Å². The highest BCUT2D eigenvalue weighted by Gasteiger charge is 2.28. The van der Waals surface area contributed by atoms with Crippen LogP contribution < -0.4 is 5.32 Å². The maximum atomic E-state index is 13.0. The minimum Gasteiger partial charge on any atom is -0.396 e. The Morgan fingerprint density at radius 3 is 2.80 bits per heavy atom. The largest absolute Gasteiger partial charge is 0.396 e. The number of nitrogens with zero attached hydrogens (tertiary/aromatic N) is 1. The molecule has 20 heavy (non-hydrogen) atoms. The molecule has 0 bridgehead atoms. The Morgan fingerprint density at radius 2 is 2.20 bits per heavy atom. The molecule has 1 aromatic carbocycles. The number of aliphatic hydroxyl groups is 1. The van der Waals surface area contributed by atoms with Crippen LogP contribution in [0.5, 0.6) is 0 Å². The predicted octanol–water partition coefficient (Wildman–Crippen LogP) is 3.11. The average molecular weight is 286 g/mol. The standard InChI is InChI=1S/C13H16F2N2O3/c14-13(15)10-6-9(17(19)20)4-5-12(10)16-11-3-1-2-8(11)7-18/h4-6,8,11,13,16,18H,1-3,7H2. The molecular weight excluding hydrogens is 270 g/mol. The first kappa shape index (κ1) is 14.6. The first-order valence-corrected chi connectivity index (χ1v) is 6.46. The lowest BCUT2D eigenvalue weighted by Gasteiger charge is -2.22. The minimum absolute atomic E-state index is 0.00859. The molecule has 1 aromatic rings. The number of non-ortho nitro benzene ring substituents is 1. The fourth-order valence-electron chi connectivity index (χ4n) is 2.62. The molecular formula is C13H16F2N2O3. The van der Waals surface area contributed by atoms with E-state index in [9.17, 15) is 24.0 Å². The highest BCUT2D eigenvalue weighted by atomic mass is 19.3. The van der Waals surface area contributed by atoms with Crippen molar-refractivity contribution in [3.63, 3.8) is 0 Å². The Kier molecular flexibility index (Phi) is 4.49. The highest BCUT2D eigenvalue weighted by Crippen LogP contribution is 2.34. The summed E-state index contributed by atoms with van der Waals surface area (Å²) in [6, 6.07) is 3.35. The average Bonchev–Trinajstić information content (AvgIpc) is 2.85. The number of halogens is 2. The molecule has 2 unspecified atom stereocenters. The highest BCUT2D eigenvalue weighted by molar-refractivity contribution is 5.57. The Labute approximate surface area is 114 Å². The summed E-state index contributed by atoms with van der Waals surface area (Å²) >= 11 is 0. The van der Waals surface area contributed by atoms with Crippen molar-refractivity contribution in [2.45, 2.75) is 31.7 Å². The van der Waals surface area contributed by atoms with Gasteiger partial charge >= 0.3 is 0 Å². The number of nitro groups is 1. The zero-order valence-electron chi connectivity index (χ0n) is 10.8. The summed E-state index contributed by atoms with van der Waals surface area (Å²) in [6.07, 6.45) is -0.206. The summed E-state index contributed by atoms with van der Waals surface area (Å²) in [5, 5.41) is 22.9. The van der Waals surface area contributed by atoms with E-state index in [2.05, 4.69) is 5.32 Å². The second-order valence-corrected chi connectivity index (χ2v) is 4.95. The van der Waals surface area contributed by atoms with Crippen LogP contribution in [0.15, 0.2) is 18.2 Å². The number of alkyl halides is 2. The lowest BCUT2D eigenvalue weighted by molar-refractivity contribution is -0.385. The second-order valence-electron chi connectivity index (χ2n) is 4.95. The Morgan fingerprint density at radius 1 is 1.45 bits per heavy atom. The normalized spacial score (nSPS) is 22.2. The van der Waals surface area contributed by atoms with Gasteiger partial charge in [0, 0.05) is 42.0 Å². The quantitative estimate of drug-likeness (QED) is 0.644. The molecule has 1 aliphatic rings. The van der Waals surface area contributed by atoms with Gasteiger partial charge < -0.3 is 10.4 Å². The summed E-state index contributed by atoms with van der Waals surface area (Å²) in [7, 11) is 0. The van der Waals surface area contributed by atoms with E-state index < -0.39 is 11.3 Å². The van der Waals surface area contributed by atoms with E-state index in [1.54, 1.807) is 0 Å². The third kappa shape index (κ3) is 3.04. The molecule has 0 aliphatic heterocycles. The zero-order chi connectivity index (χ0) is 14.7. The maximum Gasteiger partial charge on any atom is 0.270 e. The van der Waals surface area contributed by atoms with E-state index in [4.69, 9.17) is 0 Å². The number of hydrogen-bond donors (Lipinski definition) is 2. The van der Waals surface area contributed by atoms with E-state index in [-0.39, 0.29) is 35.5 Å². The molecule has 0 radical (unpaired) electrons. The van der Waals surface area contributed by atoms with Gasteiger partial charge in [0.25, 0.3) is 12.1 Å². The van der Waals surface area contributed by atoms with Crippen molar-refractivity contribution in [2.75, 3.05) is 11.9 Å². The van der Waals surface area contributed by atoms with Crippen molar-refractivity contribution < 1.29 is 18.8 Å². The lowest BCUT2D eigenvalue weighted by atomic mass is 10.0. The van der Waals surface area contributed by atoms with Crippen LogP contribution in [0.3, 0.4) is 0 Å². The molecule has 0 aromatic heterocycles. The molecule has 0 saturated heterocycles. The first-order valence-electron chi connectivity index (χ1n) is 6.46. The van der Waals surface area contributed by atoms with Crippen LogP contribution in [0.2, 0.25) is 0 Å². The molecule has 1 aliphatic carbocycles. The van der Waals surface area contributed by atoms with E-state index in [0.717, 1.165) is 25.3 Å². The monoisotopic (exact) mass is 286 g/mol. The van der Waals surface area contributed by atoms with Crippen LogP contribution >= 0.6 is 0 Å². The van der Waals surface area contributed by atoms with Gasteiger partial charge in [0.05, 0.1) is 4.92 Å². The molecule has 5 nitrogen and oxygen atoms in total. The van der Waals surface area contributed by atoms with Gasteiger partial charge in [0.1, 0.15) is 0 Å². The predicted molar refractivity (Wildman–Crippen MR) is 69.9 cm³/mol. The van der Waals surface area contributed by atoms with Crippen LogP contribution in [0.4, 0.5) is 20.2 Å². The summed E-state index contributed by atoms with van der Waals surface area (Å²) in [6.45, 7) is 0.00859. The molecule has 2 atom stereocenters. The smallest absolute Gasteiger partial charge is 0.270 e. The van der Waals surface area contributed by atoms with E-state index in [0.29, 0.717) is 0 Å². The SMILES string of the molecule is O=[N+]([O-])c1ccc(NC2CCCC2CO)c(C(F)F)c1. The van der Waals surface area contributed by atoms with Crippen molar-refractivity contribution in [3.8, 4) is 0 Å². The summed E-state index contributed by atoms with van der Waals surface area (Å²) in [5.41, 5.74) is -0.519. The first-order chi connectivity index (χ1) is 9.52. The van der Waals surface area contributed by atoms with Crippen LogP contribution in [-0.4, -0.2) is 22.7 Å². The number of anilines is 1. The van der Waals surface area contributed by atoms with E-state index in [1.807, 2.05) is 0 Å². The number of rotatable bonds is 5. The van der Waals surface area contributed by atoms with Crippen LogP contribution in [-0.2, 0) is 0 Å². The van der Waals surface area contributed by atoms with Crippen molar-refractivity contribution >= 4 is 11.4 Å². The third-order valence-electron chi connectivity index (χ3n) is 3.72. The van der Waals surface area contributed by atoms with Crippen LogP contribution in [0.25, 0.3) is 0 Å². The molecule has 0 amide bonds. The van der Waals surface area contributed by atoms with Gasteiger partial charge in [-0.2, -0.15) is 0 Å². The molecule has 110 valence electrons. The Hall–Kier alpha value is -1.76. The Balaban J connectivity index is 2.24. The molecule has 0 spiro atoms. The summed E-state index contributed by atoms with van der Waals surface area (Å²) in [5.74, 6) is 0.0377. The van der Waals surface area contributed by atoms with Gasteiger partial charge in [0.2, 0.25) is 0 Å². The zero-order valence-corrected chi connectivity index (χ0v) is 10.8. The topological polar surface area (TPSA) is 75.4 Å². The van der Waals surface area contributed by atoms with Gasteiger partial charge in [0.15, 0.2) is 0 Å². The van der Waals surface area contributed by atoms with Crippen molar-refractivity contribution in [3.05, 3.63) is 33.9 Å². The number of hydrogen-bond acceptors (Lipinski definition) is 4. The number of nitro benzene ring substituents is 1. The fourth-order valence-corrected chi connectivity index (χ4v) is 2.62. The lowest BCUT2D eigenvalue weighted by Crippen LogP contribution is -2.26. The van der Waals surface area contributed by atoms with Crippen LogP contribution in [0, 0.1) is 16.0 Å². The van der Waals surface area contributed by atoms with Gasteiger partial charge in [-0.15, -0.1) is 0 Å².